The van der Waals surface area contributed by atoms with Gasteiger partial charge in [-0.3, -0.25) is 4.99 Å². The number of hydrogen-bond donors (Lipinski definition) is 1. The fourth-order valence-electron chi connectivity index (χ4n) is 2.59. The summed E-state index contributed by atoms with van der Waals surface area (Å²) in [7, 11) is -0.0495. The number of fused-ring (bicyclic) bond motifs is 1. The zero-order valence-electron chi connectivity index (χ0n) is 14.9. The van der Waals surface area contributed by atoms with Crippen LogP contribution in [0.25, 0.3) is 10.2 Å². The molecule has 0 aliphatic rings. The van der Waals surface area contributed by atoms with E-state index in [4.69, 9.17) is 4.74 Å². The van der Waals surface area contributed by atoms with Crippen LogP contribution in [0.4, 0.5) is 10.8 Å². The third kappa shape index (κ3) is 3.56. The lowest BCUT2D eigenvalue weighted by molar-refractivity contribution is 0.416. The molecule has 1 N–H and O–H groups in total. The Bertz CT molecular complexity index is 1100. The number of anilines is 2. The van der Waals surface area contributed by atoms with Crippen molar-refractivity contribution in [2.75, 3.05) is 25.7 Å². The molecule has 1 aromatic heterocycles. The van der Waals surface area contributed by atoms with Gasteiger partial charge >= 0.3 is 0 Å². The molecule has 0 amide bonds. The minimum Gasteiger partial charge on any atom is -0.495 e. The van der Waals surface area contributed by atoms with E-state index in [-0.39, 0.29) is 4.90 Å². The summed E-state index contributed by atoms with van der Waals surface area (Å²) < 4.78 is 30.0. The van der Waals surface area contributed by atoms with Gasteiger partial charge in [-0.1, -0.05) is 17.4 Å². The highest BCUT2D eigenvalue weighted by Gasteiger charge is 2.14. The standard InChI is InChI=1S/C18H19N3O3S2/c1-11-5-8-16-17(13(11)10-19-2)21-18(25-16)20-14-9-12(26(4,22)23)6-7-15(14)24-3/h5-10H,1-4H3,(H,20,21). The topological polar surface area (TPSA) is 80.7 Å². The molecule has 1 heterocycles. The van der Waals surface area contributed by atoms with E-state index in [0.717, 1.165) is 21.3 Å². The Morgan fingerprint density at radius 1 is 1.27 bits per heavy atom. The Balaban J connectivity index is 2.08. The molecule has 3 rings (SSSR count). The van der Waals surface area contributed by atoms with Crippen molar-refractivity contribution in [1.82, 2.24) is 4.98 Å². The third-order valence-electron chi connectivity index (χ3n) is 3.92. The van der Waals surface area contributed by atoms with Gasteiger partial charge in [0.15, 0.2) is 15.0 Å². The highest BCUT2D eigenvalue weighted by molar-refractivity contribution is 7.90. The number of sulfone groups is 1. The average molecular weight is 390 g/mol. The number of aryl methyl sites for hydroxylation is 1. The zero-order chi connectivity index (χ0) is 18.9. The summed E-state index contributed by atoms with van der Waals surface area (Å²) >= 11 is 1.48. The molecule has 2 aromatic carbocycles. The largest absolute Gasteiger partial charge is 0.495 e. The molecular weight excluding hydrogens is 370 g/mol. The van der Waals surface area contributed by atoms with Crippen LogP contribution in [0.2, 0.25) is 0 Å². The first-order valence-corrected chi connectivity index (χ1v) is 10.5. The van der Waals surface area contributed by atoms with Gasteiger partial charge < -0.3 is 10.1 Å². The summed E-state index contributed by atoms with van der Waals surface area (Å²) in [5.74, 6) is 0.545. The van der Waals surface area contributed by atoms with Gasteiger partial charge in [0.25, 0.3) is 0 Å². The van der Waals surface area contributed by atoms with E-state index < -0.39 is 9.84 Å². The van der Waals surface area contributed by atoms with E-state index in [1.807, 2.05) is 19.1 Å². The van der Waals surface area contributed by atoms with Crippen LogP contribution >= 0.6 is 11.3 Å². The van der Waals surface area contributed by atoms with Crippen LogP contribution in [0.3, 0.4) is 0 Å². The summed E-state index contributed by atoms with van der Waals surface area (Å²) in [5.41, 5.74) is 3.49. The van der Waals surface area contributed by atoms with Gasteiger partial charge in [0.1, 0.15) is 5.75 Å². The summed E-state index contributed by atoms with van der Waals surface area (Å²) in [6, 6.07) is 8.76. The van der Waals surface area contributed by atoms with Gasteiger partial charge in [-0.2, -0.15) is 0 Å². The van der Waals surface area contributed by atoms with Crippen molar-refractivity contribution in [2.45, 2.75) is 11.8 Å². The number of rotatable bonds is 5. The van der Waals surface area contributed by atoms with E-state index >= 15 is 0 Å². The monoisotopic (exact) mass is 389 g/mol. The Morgan fingerprint density at radius 2 is 2.04 bits per heavy atom. The highest BCUT2D eigenvalue weighted by Crippen LogP contribution is 2.35. The predicted molar refractivity (Wildman–Crippen MR) is 107 cm³/mol. The number of nitrogens with one attached hydrogen (secondary N) is 1. The first-order chi connectivity index (χ1) is 12.3. The normalized spacial score (nSPS) is 12.0. The molecule has 0 atom stereocenters. The molecule has 0 aliphatic carbocycles. The van der Waals surface area contributed by atoms with Crippen molar-refractivity contribution in [2.24, 2.45) is 4.99 Å². The molecule has 0 spiro atoms. The lowest BCUT2D eigenvalue weighted by Crippen LogP contribution is -2.00. The van der Waals surface area contributed by atoms with Gasteiger partial charge in [-0.15, -0.1) is 0 Å². The molecule has 0 unspecified atom stereocenters. The molecule has 0 bridgehead atoms. The molecule has 0 saturated heterocycles. The van der Waals surface area contributed by atoms with E-state index in [1.165, 1.54) is 30.8 Å². The molecular formula is C18H19N3O3S2. The first-order valence-electron chi connectivity index (χ1n) is 7.81. The van der Waals surface area contributed by atoms with E-state index in [2.05, 4.69) is 15.3 Å². The van der Waals surface area contributed by atoms with Crippen LogP contribution in [0, 0.1) is 6.92 Å². The molecule has 6 nitrogen and oxygen atoms in total. The van der Waals surface area contributed by atoms with Gasteiger partial charge in [-0.05, 0) is 36.8 Å². The first kappa shape index (κ1) is 18.3. The predicted octanol–water partition coefficient (Wildman–Crippen LogP) is 3.81. The highest BCUT2D eigenvalue weighted by atomic mass is 32.2. The number of benzene rings is 2. The fraction of sp³-hybridized carbons (Fsp3) is 0.222. The molecule has 0 radical (unpaired) electrons. The lowest BCUT2D eigenvalue weighted by atomic mass is 10.1. The van der Waals surface area contributed by atoms with Crippen LogP contribution in [0.15, 0.2) is 40.2 Å². The minimum atomic E-state index is -3.32. The number of ether oxygens (including phenoxy) is 1. The average Bonchev–Trinajstić information content (AvgIpc) is 2.99. The van der Waals surface area contributed by atoms with E-state index in [1.54, 1.807) is 25.4 Å². The SMILES string of the molecule is CN=Cc1c(C)ccc2sc(Nc3cc(S(C)(=O)=O)ccc3OC)nc12. The van der Waals surface area contributed by atoms with Crippen molar-refractivity contribution in [3.05, 3.63) is 41.5 Å². The molecule has 26 heavy (non-hydrogen) atoms. The van der Waals surface area contributed by atoms with Crippen LogP contribution < -0.4 is 10.1 Å². The van der Waals surface area contributed by atoms with Crippen molar-refractivity contribution >= 4 is 48.4 Å². The number of nitrogens with zero attached hydrogens (tertiary/aromatic N) is 2. The van der Waals surface area contributed by atoms with Crippen LogP contribution in [0.1, 0.15) is 11.1 Å². The van der Waals surface area contributed by atoms with Gasteiger partial charge in [0.05, 0.1) is 27.9 Å². The van der Waals surface area contributed by atoms with Crippen LogP contribution in [-0.2, 0) is 9.84 Å². The Kier molecular flexibility index (Phi) is 4.97. The maximum absolute atomic E-state index is 11.8. The summed E-state index contributed by atoms with van der Waals surface area (Å²) in [6.45, 7) is 2.02. The zero-order valence-corrected chi connectivity index (χ0v) is 16.5. The quantitative estimate of drug-likeness (QED) is 0.671. The van der Waals surface area contributed by atoms with Gasteiger partial charge in [0, 0.05) is 25.1 Å². The van der Waals surface area contributed by atoms with Crippen LogP contribution in [0.5, 0.6) is 5.75 Å². The smallest absolute Gasteiger partial charge is 0.188 e. The number of aliphatic imine (C=N–C) groups is 1. The van der Waals surface area contributed by atoms with Gasteiger partial charge in [0.2, 0.25) is 0 Å². The van der Waals surface area contributed by atoms with Crippen LogP contribution in [-0.4, -0.2) is 40.0 Å². The van der Waals surface area contributed by atoms with Crippen molar-refractivity contribution in [3.8, 4) is 5.75 Å². The molecule has 3 aromatic rings. The fourth-order valence-corrected chi connectivity index (χ4v) is 4.13. The number of hydrogen-bond acceptors (Lipinski definition) is 7. The maximum Gasteiger partial charge on any atom is 0.188 e. The Labute approximate surface area is 156 Å². The van der Waals surface area contributed by atoms with E-state index in [9.17, 15) is 8.42 Å². The summed E-state index contributed by atoms with van der Waals surface area (Å²) in [4.78, 5) is 8.99. The molecule has 0 aliphatic heterocycles. The number of thiazole rings is 1. The number of aromatic nitrogens is 1. The molecule has 136 valence electrons. The second-order valence-electron chi connectivity index (χ2n) is 5.81. The van der Waals surface area contributed by atoms with Crippen molar-refractivity contribution < 1.29 is 13.2 Å². The minimum absolute atomic E-state index is 0.219. The lowest BCUT2D eigenvalue weighted by Gasteiger charge is -2.10. The van der Waals surface area contributed by atoms with Gasteiger partial charge in [-0.25, -0.2) is 13.4 Å². The van der Waals surface area contributed by atoms with E-state index in [0.29, 0.717) is 16.6 Å². The maximum atomic E-state index is 11.8. The van der Waals surface area contributed by atoms with Crippen molar-refractivity contribution in [1.29, 1.82) is 0 Å². The summed E-state index contributed by atoms with van der Waals surface area (Å²) in [5, 5.41) is 3.84. The number of methoxy groups -OCH3 is 1. The second kappa shape index (κ2) is 7.05. The van der Waals surface area contributed by atoms with Crippen molar-refractivity contribution in [3.63, 3.8) is 0 Å². The second-order valence-corrected chi connectivity index (χ2v) is 8.85. The Hall–Kier alpha value is -2.45. The third-order valence-corrected chi connectivity index (χ3v) is 5.96. The molecule has 8 heteroatoms. The summed E-state index contributed by atoms with van der Waals surface area (Å²) in [6.07, 6.45) is 2.97. The Morgan fingerprint density at radius 3 is 2.69 bits per heavy atom. The molecule has 0 fully saturated rings. The molecule has 0 saturated carbocycles.